The molecule has 1 aromatic heterocycles. The van der Waals surface area contributed by atoms with Crippen molar-refractivity contribution in [1.29, 1.82) is 0 Å². The molecule has 80 valence electrons. The highest BCUT2D eigenvalue weighted by molar-refractivity contribution is 7.71. The first-order chi connectivity index (χ1) is 7.75. The molecule has 2 aromatic rings. The summed E-state index contributed by atoms with van der Waals surface area (Å²) in [4.78, 5) is 14.9. The lowest BCUT2D eigenvalue weighted by molar-refractivity contribution is 0.0992. The van der Waals surface area contributed by atoms with E-state index in [1.54, 1.807) is 12.3 Å². The van der Waals surface area contributed by atoms with Crippen LogP contribution in [0.1, 0.15) is 16.1 Å². The molecule has 1 N–H and O–H groups in total. The van der Waals surface area contributed by atoms with Crippen molar-refractivity contribution in [3.8, 4) is 0 Å². The van der Waals surface area contributed by atoms with E-state index >= 15 is 0 Å². The van der Waals surface area contributed by atoms with Crippen LogP contribution >= 0.6 is 12.2 Å². The summed E-state index contributed by atoms with van der Waals surface area (Å²) >= 11 is 5.04. The van der Waals surface area contributed by atoms with Crippen molar-refractivity contribution < 1.29 is 4.79 Å². The van der Waals surface area contributed by atoms with Gasteiger partial charge in [-0.15, -0.1) is 0 Å². The van der Waals surface area contributed by atoms with Gasteiger partial charge in [0.2, 0.25) is 0 Å². The summed E-state index contributed by atoms with van der Waals surface area (Å²) in [6, 6.07) is 12.9. The maximum absolute atomic E-state index is 11.9. The molecule has 0 aliphatic rings. The van der Waals surface area contributed by atoms with Crippen LogP contribution in [0.3, 0.4) is 0 Å². The fourth-order valence-electron chi connectivity index (χ4n) is 1.49. The van der Waals surface area contributed by atoms with E-state index < -0.39 is 0 Å². The second-order valence-corrected chi connectivity index (χ2v) is 3.99. The Hall–Kier alpha value is -1.74. The van der Waals surface area contributed by atoms with Crippen LogP contribution in [0.25, 0.3) is 0 Å². The number of hydrogen-bond acceptors (Lipinski definition) is 2. The average molecular weight is 229 g/mol. The Kier molecular flexibility index (Phi) is 3.27. The zero-order valence-corrected chi connectivity index (χ0v) is 9.46. The van der Waals surface area contributed by atoms with Gasteiger partial charge in [-0.3, -0.25) is 4.79 Å². The number of carbonyl (C=O) groups is 1. The van der Waals surface area contributed by atoms with Gasteiger partial charge in [0.05, 0.1) is 6.42 Å². The SMILES string of the molecule is O=C(Cc1cc(=S)cc[nH]1)c1ccccc1. The number of H-pyrrole nitrogens is 1. The molecule has 0 spiro atoms. The predicted octanol–water partition coefficient (Wildman–Crippen LogP) is 3.17. The number of carbonyl (C=O) groups excluding carboxylic acids is 1. The molecule has 0 aliphatic carbocycles. The van der Waals surface area contributed by atoms with Crippen molar-refractivity contribution in [1.82, 2.24) is 4.98 Å². The standard InChI is InChI=1S/C13H11NOS/c15-13(10-4-2-1-3-5-10)9-11-8-12(16)6-7-14-11/h1-8H,9H2,(H,14,16). The number of hydrogen-bond donors (Lipinski definition) is 1. The van der Waals surface area contributed by atoms with Gasteiger partial charge in [0, 0.05) is 22.0 Å². The Labute approximate surface area is 99.0 Å². The largest absolute Gasteiger partial charge is 0.365 e. The minimum atomic E-state index is 0.0949. The van der Waals surface area contributed by atoms with Crippen LogP contribution in [0.2, 0.25) is 0 Å². The molecule has 0 atom stereocenters. The third-order valence-electron chi connectivity index (χ3n) is 2.28. The van der Waals surface area contributed by atoms with Gasteiger partial charge in [0.25, 0.3) is 0 Å². The monoisotopic (exact) mass is 229 g/mol. The lowest BCUT2D eigenvalue weighted by atomic mass is 10.1. The Morgan fingerprint density at radius 3 is 2.62 bits per heavy atom. The Morgan fingerprint density at radius 1 is 1.19 bits per heavy atom. The maximum Gasteiger partial charge on any atom is 0.168 e. The lowest BCUT2D eigenvalue weighted by Gasteiger charge is -2.01. The van der Waals surface area contributed by atoms with Crippen LogP contribution in [-0.2, 0) is 6.42 Å². The van der Waals surface area contributed by atoms with E-state index in [-0.39, 0.29) is 5.78 Å². The van der Waals surface area contributed by atoms with E-state index in [9.17, 15) is 4.79 Å². The van der Waals surface area contributed by atoms with E-state index in [2.05, 4.69) is 4.98 Å². The van der Waals surface area contributed by atoms with Crippen LogP contribution in [-0.4, -0.2) is 10.8 Å². The van der Waals surface area contributed by atoms with Gasteiger partial charge in [-0.25, -0.2) is 0 Å². The van der Waals surface area contributed by atoms with Crippen molar-refractivity contribution in [2.75, 3.05) is 0 Å². The summed E-state index contributed by atoms with van der Waals surface area (Å²) in [6.45, 7) is 0. The number of nitrogens with one attached hydrogen (secondary N) is 1. The van der Waals surface area contributed by atoms with Gasteiger partial charge >= 0.3 is 0 Å². The zero-order chi connectivity index (χ0) is 11.4. The first kappa shape index (κ1) is 10.8. The van der Waals surface area contributed by atoms with Crippen LogP contribution in [0, 0.1) is 4.51 Å². The van der Waals surface area contributed by atoms with Gasteiger partial charge in [-0.05, 0) is 12.1 Å². The van der Waals surface area contributed by atoms with E-state index in [4.69, 9.17) is 12.2 Å². The molecule has 0 fully saturated rings. The zero-order valence-electron chi connectivity index (χ0n) is 8.64. The third kappa shape index (κ3) is 2.64. The third-order valence-corrected chi connectivity index (χ3v) is 2.53. The van der Waals surface area contributed by atoms with Crippen molar-refractivity contribution in [3.63, 3.8) is 0 Å². The minimum Gasteiger partial charge on any atom is -0.365 e. The number of pyridine rings is 1. The number of benzene rings is 1. The number of ketones is 1. The predicted molar refractivity (Wildman–Crippen MR) is 66.1 cm³/mol. The fourth-order valence-corrected chi connectivity index (χ4v) is 1.70. The van der Waals surface area contributed by atoms with E-state index in [1.807, 2.05) is 36.4 Å². The molecular formula is C13H11NOS. The molecule has 0 aliphatic heterocycles. The number of aromatic nitrogens is 1. The molecule has 0 amide bonds. The Balaban J connectivity index is 2.17. The topological polar surface area (TPSA) is 32.9 Å². The second kappa shape index (κ2) is 4.86. The van der Waals surface area contributed by atoms with Crippen molar-refractivity contribution in [2.45, 2.75) is 6.42 Å². The first-order valence-electron chi connectivity index (χ1n) is 5.01. The van der Waals surface area contributed by atoms with Gasteiger partial charge in [-0.2, -0.15) is 0 Å². The second-order valence-electron chi connectivity index (χ2n) is 3.52. The average Bonchev–Trinajstić information content (AvgIpc) is 2.30. The van der Waals surface area contributed by atoms with Crippen molar-refractivity contribution in [3.05, 3.63) is 64.4 Å². The fraction of sp³-hybridized carbons (Fsp3) is 0.0769. The Bertz CT molecular complexity index is 545. The molecule has 2 nitrogen and oxygen atoms in total. The summed E-state index contributed by atoms with van der Waals surface area (Å²) in [5.74, 6) is 0.0949. The number of rotatable bonds is 3. The highest BCUT2D eigenvalue weighted by Gasteiger charge is 2.05. The van der Waals surface area contributed by atoms with Crippen LogP contribution in [0.15, 0.2) is 48.7 Å². The molecular weight excluding hydrogens is 218 g/mol. The first-order valence-corrected chi connectivity index (χ1v) is 5.42. The summed E-state index contributed by atoms with van der Waals surface area (Å²) in [5, 5.41) is 0. The van der Waals surface area contributed by atoms with E-state index in [0.29, 0.717) is 6.42 Å². The molecule has 3 heteroatoms. The molecule has 1 aromatic carbocycles. The molecule has 0 saturated carbocycles. The van der Waals surface area contributed by atoms with Crippen LogP contribution in [0.5, 0.6) is 0 Å². The summed E-state index contributed by atoms with van der Waals surface area (Å²) in [7, 11) is 0. The molecule has 16 heavy (non-hydrogen) atoms. The maximum atomic E-state index is 11.9. The Morgan fingerprint density at radius 2 is 1.94 bits per heavy atom. The molecule has 0 unspecified atom stereocenters. The molecule has 1 heterocycles. The quantitative estimate of drug-likeness (QED) is 0.647. The lowest BCUT2D eigenvalue weighted by Crippen LogP contribution is -2.04. The molecule has 0 bridgehead atoms. The summed E-state index contributed by atoms with van der Waals surface area (Å²) in [5.41, 5.74) is 1.58. The number of Topliss-reactive ketones (excluding diaryl/α,β-unsaturated/α-hetero) is 1. The van der Waals surface area contributed by atoms with E-state index in [0.717, 1.165) is 15.8 Å². The van der Waals surface area contributed by atoms with Gasteiger partial charge in [0.15, 0.2) is 5.78 Å². The smallest absolute Gasteiger partial charge is 0.168 e. The summed E-state index contributed by atoms with van der Waals surface area (Å²) < 4.78 is 0.745. The highest BCUT2D eigenvalue weighted by Crippen LogP contribution is 2.05. The van der Waals surface area contributed by atoms with Crippen LogP contribution < -0.4 is 0 Å². The molecule has 0 radical (unpaired) electrons. The van der Waals surface area contributed by atoms with Crippen molar-refractivity contribution >= 4 is 18.0 Å². The van der Waals surface area contributed by atoms with Gasteiger partial charge < -0.3 is 4.98 Å². The molecule has 2 rings (SSSR count). The van der Waals surface area contributed by atoms with E-state index in [1.165, 1.54) is 0 Å². The van der Waals surface area contributed by atoms with Gasteiger partial charge in [-0.1, -0.05) is 42.5 Å². The van der Waals surface area contributed by atoms with Crippen LogP contribution in [0.4, 0.5) is 0 Å². The van der Waals surface area contributed by atoms with Crippen molar-refractivity contribution in [2.24, 2.45) is 0 Å². The summed E-state index contributed by atoms with van der Waals surface area (Å²) in [6.07, 6.45) is 2.12. The van der Waals surface area contributed by atoms with Gasteiger partial charge in [0.1, 0.15) is 0 Å². The normalized spacial score (nSPS) is 10.0. The molecule has 0 saturated heterocycles. The highest BCUT2D eigenvalue weighted by atomic mass is 32.1. The number of aromatic amines is 1. The minimum absolute atomic E-state index is 0.0949.